The molecule has 0 heterocycles. The van der Waals surface area contributed by atoms with Gasteiger partial charge in [0.1, 0.15) is 0 Å². The van der Waals surface area contributed by atoms with E-state index in [4.69, 9.17) is 0 Å². The lowest BCUT2D eigenvalue weighted by molar-refractivity contribution is 0.433. The summed E-state index contributed by atoms with van der Waals surface area (Å²) in [5.74, 6) is 1.66. The molecular weight excluding hydrogens is 156 g/mol. The molecule has 0 saturated heterocycles. The molecule has 72 valence electrons. The van der Waals surface area contributed by atoms with E-state index in [9.17, 15) is 0 Å². The van der Waals surface area contributed by atoms with E-state index in [-0.39, 0.29) is 0 Å². The minimum absolute atomic E-state index is 0.750. The summed E-state index contributed by atoms with van der Waals surface area (Å²) >= 11 is 0. The normalized spacial score (nSPS) is 28.1. The molecule has 0 aromatic heterocycles. The predicted molar refractivity (Wildman–Crippen MR) is 57.6 cm³/mol. The Bertz CT molecular complexity index is 243. The monoisotopic (exact) mass is 176 g/mol. The molecule has 1 unspecified atom stereocenters. The van der Waals surface area contributed by atoms with Crippen molar-refractivity contribution in [2.45, 2.75) is 46.0 Å². The van der Waals surface area contributed by atoms with E-state index in [1.807, 2.05) is 0 Å². The van der Waals surface area contributed by atoms with Gasteiger partial charge in [0.25, 0.3) is 0 Å². The van der Waals surface area contributed by atoms with Crippen LogP contribution in [0.3, 0.4) is 0 Å². The van der Waals surface area contributed by atoms with E-state index in [0.29, 0.717) is 0 Å². The second-order valence-corrected chi connectivity index (χ2v) is 4.78. The van der Waals surface area contributed by atoms with Crippen molar-refractivity contribution >= 4 is 0 Å². The Balaban J connectivity index is 2.13. The first-order chi connectivity index (χ1) is 6.27. The van der Waals surface area contributed by atoms with E-state index >= 15 is 0 Å². The smallest absolute Gasteiger partial charge is 0.0163 e. The summed E-state index contributed by atoms with van der Waals surface area (Å²) in [4.78, 5) is 0. The minimum Gasteiger partial charge on any atom is -0.0671 e. The molecule has 0 aliphatic heterocycles. The number of hydrogen-bond donors (Lipinski definition) is 0. The summed E-state index contributed by atoms with van der Waals surface area (Å²) in [6, 6.07) is 0. The van der Waals surface area contributed by atoms with Crippen LogP contribution in [0.2, 0.25) is 0 Å². The molecule has 0 nitrogen and oxygen atoms in total. The van der Waals surface area contributed by atoms with Crippen molar-refractivity contribution in [2.75, 3.05) is 0 Å². The van der Waals surface area contributed by atoms with Crippen molar-refractivity contribution in [3.8, 4) is 0 Å². The summed E-state index contributed by atoms with van der Waals surface area (Å²) in [5.41, 5.74) is 3.39. The van der Waals surface area contributed by atoms with Crippen molar-refractivity contribution in [1.82, 2.24) is 0 Å². The fourth-order valence-corrected chi connectivity index (χ4v) is 2.56. The van der Waals surface area contributed by atoms with E-state index < -0.39 is 0 Å². The van der Waals surface area contributed by atoms with E-state index in [0.717, 1.165) is 11.8 Å². The zero-order valence-corrected chi connectivity index (χ0v) is 8.84. The standard InChI is InChI=1S/C13H20/c1-10(2)12-8-7-11-5-3-4-6-13(11)9-12/h7-8,10,13H,3-6,9H2,1-2H3. The summed E-state index contributed by atoms with van der Waals surface area (Å²) < 4.78 is 0. The number of allylic oxidation sites excluding steroid dienone is 4. The molecule has 2 aliphatic carbocycles. The SMILES string of the molecule is CC(C)C1=CC=C2CCCCC2C1. The van der Waals surface area contributed by atoms with Gasteiger partial charge in [-0.1, -0.05) is 43.6 Å². The Kier molecular flexibility index (Phi) is 2.57. The number of rotatable bonds is 1. The Morgan fingerprint density at radius 1 is 1.23 bits per heavy atom. The summed E-state index contributed by atoms with van der Waals surface area (Å²) in [6.45, 7) is 4.63. The van der Waals surface area contributed by atoms with Gasteiger partial charge in [-0.3, -0.25) is 0 Å². The van der Waals surface area contributed by atoms with E-state index in [1.54, 1.807) is 11.1 Å². The molecule has 0 heteroatoms. The Morgan fingerprint density at radius 2 is 2.08 bits per heavy atom. The van der Waals surface area contributed by atoms with Crippen molar-refractivity contribution in [1.29, 1.82) is 0 Å². The molecule has 0 aromatic carbocycles. The first-order valence-corrected chi connectivity index (χ1v) is 5.67. The lowest BCUT2D eigenvalue weighted by atomic mass is 9.76. The molecular formula is C13H20. The van der Waals surface area contributed by atoms with Gasteiger partial charge in [0, 0.05) is 0 Å². The molecule has 1 fully saturated rings. The molecule has 2 aliphatic rings. The second kappa shape index (κ2) is 3.69. The van der Waals surface area contributed by atoms with Crippen LogP contribution in [0.1, 0.15) is 46.0 Å². The highest BCUT2D eigenvalue weighted by Gasteiger charge is 2.22. The third-order valence-electron chi connectivity index (χ3n) is 3.53. The Labute approximate surface area is 81.7 Å². The van der Waals surface area contributed by atoms with Crippen LogP contribution in [0, 0.1) is 11.8 Å². The van der Waals surface area contributed by atoms with Gasteiger partial charge in [-0.15, -0.1) is 0 Å². The molecule has 0 amide bonds. The average molecular weight is 176 g/mol. The van der Waals surface area contributed by atoms with Crippen LogP contribution in [0.25, 0.3) is 0 Å². The van der Waals surface area contributed by atoms with Crippen LogP contribution in [0.5, 0.6) is 0 Å². The van der Waals surface area contributed by atoms with E-state index in [2.05, 4.69) is 26.0 Å². The zero-order chi connectivity index (χ0) is 9.26. The zero-order valence-electron chi connectivity index (χ0n) is 8.84. The highest BCUT2D eigenvalue weighted by atomic mass is 14.3. The molecule has 0 N–H and O–H groups in total. The largest absolute Gasteiger partial charge is 0.0671 e. The summed E-state index contributed by atoms with van der Waals surface area (Å²) in [6.07, 6.45) is 11.8. The maximum Gasteiger partial charge on any atom is -0.0163 e. The van der Waals surface area contributed by atoms with Gasteiger partial charge in [-0.05, 0) is 37.5 Å². The first-order valence-electron chi connectivity index (χ1n) is 5.67. The Hall–Kier alpha value is -0.520. The fraction of sp³-hybridized carbons (Fsp3) is 0.692. The molecule has 0 bridgehead atoms. The topological polar surface area (TPSA) is 0 Å². The van der Waals surface area contributed by atoms with Crippen LogP contribution in [-0.2, 0) is 0 Å². The maximum atomic E-state index is 2.41. The van der Waals surface area contributed by atoms with Crippen molar-refractivity contribution in [3.05, 3.63) is 23.3 Å². The molecule has 0 radical (unpaired) electrons. The van der Waals surface area contributed by atoms with Gasteiger partial charge in [0.05, 0.1) is 0 Å². The third-order valence-corrected chi connectivity index (χ3v) is 3.53. The molecule has 13 heavy (non-hydrogen) atoms. The van der Waals surface area contributed by atoms with E-state index in [1.165, 1.54) is 32.1 Å². The Morgan fingerprint density at radius 3 is 2.85 bits per heavy atom. The van der Waals surface area contributed by atoms with Gasteiger partial charge in [-0.2, -0.15) is 0 Å². The van der Waals surface area contributed by atoms with Crippen LogP contribution < -0.4 is 0 Å². The summed E-state index contributed by atoms with van der Waals surface area (Å²) in [7, 11) is 0. The molecule has 0 spiro atoms. The quantitative estimate of drug-likeness (QED) is 0.564. The highest BCUT2D eigenvalue weighted by molar-refractivity contribution is 5.28. The van der Waals surface area contributed by atoms with Crippen molar-refractivity contribution < 1.29 is 0 Å². The molecule has 1 saturated carbocycles. The fourth-order valence-electron chi connectivity index (χ4n) is 2.56. The summed E-state index contributed by atoms with van der Waals surface area (Å²) in [5, 5.41) is 0. The second-order valence-electron chi connectivity index (χ2n) is 4.78. The van der Waals surface area contributed by atoms with Gasteiger partial charge < -0.3 is 0 Å². The van der Waals surface area contributed by atoms with Crippen LogP contribution in [0.4, 0.5) is 0 Å². The predicted octanol–water partition coefficient (Wildman–Crippen LogP) is 4.09. The van der Waals surface area contributed by atoms with Crippen LogP contribution in [0.15, 0.2) is 23.3 Å². The average Bonchev–Trinajstić information content (AvgIpc) is 2.17. The lowest BCUT2D eigenvalue weighted by Gasteiger charge is -2.30. The molecule has 1 atom stereocenters. The highest BCUT2D eigenvalue weighted by Crippen LogP contribution is 2.38. The molecule has 2 rings (SSSR count). The number of fused-ring (bicyclic) bond motifs is 1. The van der Waals surface area contributed by atoms with Gasteiger partial charge in [0.15, 0.2) is 0 Å². The third kappa shape index (κ3) is 1.87. The number of hydrogen-bond acceptors (Lipinski definition) is 0. The lowest BCUT2D eigenvalue weighted by Crippen LogP contribution is -2.15. The minimum atomic E-state index is 0.750. The van der Waals surface area contributed by atoms with Crippen molar-refractivity contribution in [3.63, 3.8) is 0 Å². The van der Waals surface area contributed by atoms with Crippen LogP contribution >= 0.6 is 0 Å². The maximum absolute atomic E-state index is 2.41. The van der Waals surface area contributed by atoms with Gasteiger partial charge in [0.2, 0.25) is 0 Å². The van der Waals surface area contributed by atoms with Gasteiger partial charge in [-0.25, -0.2) is 0 Å². The van der Waals surface area contributed by atoms with Crippen LogP contribution in [-0.4, -0.2) is 0 Å². The van der Waals surface area contributed by atoms with Gasteiger partial charge >= 0.3 is 0 Å². The van der Waals surface area contributed by atoms with Crippen molar-refractivity contribution in [2.24, 2.45) is 11.8 Å². The molecule has 0 aromatic rings. The first kappa shape index (κ1) is 9.05.